The second kappa shape index (κ2) is 11.1. The summed E-state index contributed by atoms with van der Waals surface area (Å²) in [6.45, 7) is 4.17. The van der Waals surface area contributed by atoms with Gasteiger partial charge in [0.05, 0.1) is 0 Å². The third kappa shape index (κ3) is 8.66. The van der Waals surface area contributed by atoms with E-state index in [1.54, 1.807) is 0 Å². The Kier molecular flexibility index (Phi) is 13.1. The molecule has 0 radical (unpaired) electrons. The van der Waals surface area contributed by atoms with E-state index in [2.05, 4.69) is 6.92 Å². The van der Waals surface area contributed by atoms with Gasteiger partial charge in [0.1, 0.15) is 0 Å². The molecule has 0 aromatic carbocycles. The van der Waals surface area contributed by atoms with E-state index in [1.165, 1.54) is 12.8 Å². The second-order valence-corrected chi connectivity index (χ2v) is 3.65. The van der Waals surface area contributed by atoms with Gasteiger partial charge in [0.25, 0.3) is 0 Å². The van der Waals surface area contributed by atoms with Gasteiger partial charge >= 0.3 is 18.9 Å². The van der Waals surface area contributed by atoms with Gasteiger partial charge in [-0.1, -0.05) is 46.0 Å². The Bertz CT molecular complexity index is 137. The van der Waals surface area contributed by atoms with Gasteiger partial charge in [-0.15, -0.1) is 0 Å². The molecule has 3 heteroatoms. The average Bonchev–Trinajstić information content (AvgIpc) is 2.10. The molecule has 0 aromatic heterocycles. The van der Waals surface area contributed by atoms with E-state index in [0.29, 0.717) is 0 Å². The quantitative estimate of drug-likeness (QED) is 0.370. The Morgan fingerprint density at radius 3 is 2.14 bits per heavy atom. The fourth-order valence-corrected chi connectivity index (χ4v) is 1.55. The van der Waals surface area contributed by atoms with Gasteiger partial charge in [-0.2, -0.15) is 0 Å². The molecule has 78 valence electrons. The molecule has 1 unspecified atom stereocenters. The maximum atomic E-state index is 10.6. The van der Waals surface area contributed by atoms with Crippen molar-refractivity contribution in [1.82, 2.24) is 0 Å². The number of hydrogen-bond donors (Lipinski definition) is 0. The van der Waals surface area contributed by atoms with Crippen LogP contribution in [0.4, 0.5) is 0 Å². The summed E-state index contributed by atoms with van der Waals surface area (Å²) < 4.78 is 0. The minimum Gasteiger partial charge on any atom is -0.550 e. The largest absolute Gasteiger partial charge is 1.00 e. The minimum atomic E-state index is -0.863. The fraction of sp³-hybridized carbons (Fsp3) is 0.909. The van der Waals surface area contributed by atoms with E-state index in [0.717, 1.165) is 32.1 Å². The fourth-order valence-electron chi connectivity index (χ4n) is 1.55. The molecular formula is C11H21LiO2. The average molecular weight is 192 g/mol. The summed E-state index contributed by atoms with van der Waals surface area (Å²) in [5.74, 6) is -1.07. The molecule has 0 heterocycles. The number of aliphatic carboxylic acids is 1. The van der Waals surface area contributed by atoms with Crippen molar-refractivity contribution in [2.45, 2.75) is 58.8 Å². The number of hydrogen-bond acceptors (Lipinski definition) is 2. The van der Waals surface area contributed by atoms with Gasteiger partial charge in [0.15, 0.2) is 0 Å². The van der Waals surface area contributed by atoms with E-state index >= 15 is 0 Å². The molecule has 0 amide bonds. The van der Waals surface area contributed by atoms with Crippen molar-refractivity contribution in [3.63, 3.8) is 0 Å². The summed E-state index contributed by atoms with van der Waals surface area (Å²) >= 11 is 0. The van der Waals surface area contributed by atoms with E-state index in [-0.39, 0.29) is 24.8 Å². The van der Waals surface area contributed by atoms with Gasteiger partial charge in [0, 0.05) is 5.97 Å². The number of carbonyl (C=O) groups excluding carboxylic acids is 1. The summed E-state index contributed by atoms with van der Waals surface area (Å²) in [6, 6.07) is 0. The Labute approximate surface area is 99.6 Å². The Hall–Kier alpha value is 0.0674. The van der Waals surface area contributed by atoms with Gasteiger partial charge in [0.2, 0.25) is 0 Å². The molecule has 0 N–H and O–H groups in total. The Balaban J connectivity index is 0. The first kappa shape index (κ1) is 16.5. The topological polar surface area (TPSA) is 40.1 Å². The molecule has 14 heavy (non-hydrogen) atoms. The molecule has 2 nitrogen and oxygen atoms in total. The molecule has 0 aromatic rings. The van der Waals surface area contributed by atoms with E-state index in [1.807, 2.05) is 6.92 Å². The third-order valence-electron chi connectivity index (χ3n) is 2.38. The summed E-state index contributed by atoms with van der Waals surface area (Å²) in [5.41, 5.74) is 0. The number of carboxylic acids is 1. The Morgan fingerprint density at radius 2 is 1.71 bits per heavy atom. The predicted molar refractivity (Wildman–Crippen MR) is 52.2 cm³/mol. The Morgan fingerprint density at radius 1 is 1.07 bits per heavy atom. The summed E-state index contributed by atoms with van der Waals surface area (Å²) in [4.78, 5) is 10.6. The SMILES string of the molecule is CCCCCCC(CCC)C(=O)[O-].[Li+]. The monoisotopic (exact) mass is 192 g/mol. The molecule has 0 saturated carbocycles. The molecule has 0 aliphatic carbocycles. The van der Waals surface area contributed by atoms with Crippen LogP contribution in [0.15, 0.2) is 0 Å². The molecule has 0 spiro atoms. The molecule has 0 bridgehead atoms. The van der Waals surface area contributed by atoms with Crippen LogP contribution in [0.2, 0.25) is 0 Å². The van der Waals surface area contributed by atoms with Crippen LogP contribution < -0.4 is 24.0 Å². The number of carbonyl (C=O) groups is 1. The molecule has 1 atom stereocenters. The predicted octanol–water partition coefficient (Wildman–Crippen LogP) is -0.873. The van der Waals surface area contributed by atoms with Crippen LogP contribution in [0.25, 0.3) is 0 Å². The molecular weight excluding hydrogens is 171 g/mol. The van der Waals surface area contributed by atoms with E-state index < -0.39 is 5.97 Å². The van der Waals surface area contributed by atoms with Crippen LogP contribution in [-0.2, 0) is 4.79 Å². The van der Waals surface area contributed by atoms with Crippen LogP contribution in [0.1, 0.15) is 58.8 Å². The maximum Gasteiger partial charge on any atom is 1.00 e. The molecule has 0 saturated heterocycles. The van der Waals surface area contributed by atoms with Crippen molar-refractivity contribution in [2.75, 3.05) is 0 Å². The second-order valence-electron chi connectivity index (χ2n) is 3.65. The number of unbranched alkanes of at least 4 members (excludes halogenated alkanes) is 3. The zero-order chi connectivity index (χ0) is 10.1. The zero-order valence-corrected chi connectivity index (χ0v) is 9.84. The first-order valence-corrected chi connectivity index (χ1v) is 5.43. The van der Waals surface area contributed by atoms with Crippen LogP contribution in [0, 0.1) is 5.92 Å². The summed E-state index contributed by atoms with van der Waals surface area (Å²) in [5, 5.41) is 10.6. The van der Waals surface area contributed by atoms with Gasteiger partial charge in [-0.25, -0.2) is 0 Å². The van der Waals surface area contributed by atoms with Crippen LogP contribution in [0.5, 0.6) is 0 Å². The van der Waals surface area contributed by atoms with Crippen molar-refractivity contribution >= 4 is 5.97 Å². The normalized spacial score (nSPS) is 11.9. The van der Waals surface area contributed by atoms with Crippen molar-refractivity contribution < 1.29 is 28.8 Å². The third-order valence-corrected chi connectivity index (χ3v) is 2.38. The first-order chi connectivity index (χ1) is 6.22. The molecule has 0 rings (SSSR count). The van der Waals surface area contributed by atoms with Crippen molar-refractivity contribution in [1.29, 1.82) is 0 Å². The van der Waals surface area contributed by atoms with Gasteiger partial charge in [-0.3, -0.25) is 0 Å². The first-order valence-electron chi connectivity index (χ1n) is 5.43. The maximum absolute atomic E-state index is 10.6. The van der Waals surface area contributed by atoms with Crippen LogP contribution in [-0.4, -0.2) is 5.97 Å². The van der Waals surface area contributed by atoms with Crippen molar-refractivity contribution in [3.05, 3.63) is 0 Å². The standard InChI is InChI=1S/C11H22O2.Li/c1-3-5-6-7-9-10(8-4-2)11(12)13;/h10H,3-9H2,1-2H3,(H,12,13);/q;+1/p-1. The number of carboxylic acid groups (broad SMARTS) is 1. The summed E-state index contributed by atoms with van der Waals surface area (Å²) in [7, 11) is 0. The number of rotatable bonds is 8. The van der Waals surface area contributed by atoms with Crippen molar-refractivity contribution in [3.8, 4) is 0 Å². The van der Waals surface area contributed by atoms with E-state index in [9.17, 15) is 9.90 Å². The molecule has 0 aliphatic rings. The zero-order valence-electron chi connectivity index (χ0n) is 9.84. The molecule has 0 fully saturated rings. The summed E-state index contributed by atoms with van der Waals surface area (Å²) in [6.07, 6.45) is 7.11. The van der Waals surface area contributed by atoms with Gasteiger partial charge in [-0.05, 0) is 18.8 Å². The minimum absolute atomic E-state index is 0. The van der Waals surface area contributed by atoms with Crippen LogP contribution in [0.3, 0.4) is 0 Å². The van der Waals surface area contributed by atoms with Gasteiger partial charge < -0.3 is 9.90 Å². The van der Waals surface area contributed by atoms with Crippen LogP contribution >= 0.6 is 0 Å². The van der Waals surface area contributed by atoms with Crippen molar-refractivity contribution in [2.24, 2.45) is 5.92 Å². The smallest absolute Gasteiger partial charge is 0.550 e. The molecule has 0 aliphatic heterocycles. The van der Waals surface area contributed by atoms with E-state index in [4.69, 9.17) is 0 Å².